The first-order chi connectivity index (χ1) is 7.58. The van der Waals surface area contributed by atoms with Gasteiger partial charge in [-0.2, -0.15) is 0 Å². The molecule has 0 heterocycles. The highest BCUT2D eigenvalue weighted by molar-refractivity contribution is 5.93. The molecule has 2 atom stereocenters. The lowest BCUT2D eigenvalue weighted by Gasteiger charge is -2.25. The highest BCUT2D eigenvalue weighted by Gasteiger charge is 2.19. The summed E-state index contributed by atoms with van der Waals surface area (Å²) in [5.41, 5.74) is 0. The maximum atomic E-state index is 11.1. The smallest absolute Gasteiger partial charge is 0.328 e. The standard InChI is InChI=1S/C11H17NO4/c13-9-3-1-2-8(6-9)7-12-10(14)4-5-11(15)16/h4-5,8-9,13H,1-3,6-7H2,(H,12,14)(H,15,16)/b5-4+. The van der Waals surface area contributed by atoms with Crippen molar-refractivity contribution >= 4 is 11.9 Å². The van der Waals surface area contributed by atoms with E-state index in [2.05, 4.69) is 5.32 Å². The van der Waals surface area contributed by atoms with E-state index in [9.17, 15) is 14.7 Å². The van der Waals surface area contributed by atoms with Gasteiger partial charge in [0.1, 0.15) is 0 Å². The van der Waals surface area contributed by atoms with E-state index in [4.69, 9.17) is 5.11 Å². The fraction of sp³-hybridized carbons (Fsp3) is 0.636. The third-order valence-corrected chi connectivity index (χ3v) is 2.70. The zero-order valence-corrected chi connectivity index (χ0v) is 9.06. The number of hydrogen-bond acceptors (Lipinski definition) is 3. The lowest BCUT2D eigenvalue weighted by Crippen LogP contribution is -2.32. The normalized spacial score (nSPS) is 25.6. The van der Waals surface area contributed by atoms with Crippen molar-refractivity contribution in [3.63, 3.8) is 0 Å². The monoisotopic (exact) mass is 227 g/mol. The van der Waals surface area contributed by atoms with Gasteiger partial charge in [-0.25, -0.2) is 4.79 Å². The minimum Gasteiger partial charge on any atom is -0.478 e. The summed E-state index contributed by atoms with van der Waals surface area (Å²) in [7, 11) is 0. The fourth-order valence-electron chi connectivity index (χ4n) is 1.90. The first kappa shape index (κ1) is 12.7. The molecule has 0 spiro atoms. The lowest BCUT2D eigenvalue weighted by atomic mass is 9.87. The van der Waals surface area contributed by atoms with Gasteiger partial charge in [-0.1, -0.05) is 6.42 Å². The van der Waals surface area contributed by atoms with E-state index >= 15 is 0 Å². The van der Waals surface area contributed by atoms with Crippen LogP contribution in [0.15, 0.2) is 12.2 Å². The molecule has 0 aromatic carbocycles. The molecule has 16 heavy (non-hydrogen) atoms. The van der Waals surface area contributed by atoms with Crippen LogP contribution in [0.2, 0.25) is 0 Å². The maximum Gasteiger partial charge on any atom is 0.328 e. The van der Waals surface area contributed by atoms with Gasteiger partial charge in [0.25, 0.3) is 0 Å². The molecule has 1 saturated carbocycles. The summed E-state index contributed by atoms with van der Waals surface area (Å²) in [4.78, 5) is 21.3. The van der Waals surface area contributed by atoms with Crippen molar-refractivity contribution < 1.29 is 19.8 Å². The number of amides is 1. The summed E-state index contributed by atoms with van der Waals surface area (Å²) in [6, 6.07) is 0. The Morgan fingerprint density at radius 2 is 2.06 bits per heavy atom. The molecule has 1 fully saturated rings. The Morgan fingerprint density at radius 1 is 1.31 bits per heavy atom. The van der Waals surface area contributed by atoms with Crippen molar-refractivity contribution in [3.05, 3.63) is 12.2 Å². The molecule has 0 aromatic rings. The van der Waals surface area contributed by atoms with E-state index in [1.165, 1.54) is 0 Å². The van der Waals surface area contributed by atoms with Crippen LogP contribution in [0.1, 0.15) is 25.7 Å². The largest absolute Gasteiger partial charge is 0.478 e. The molecule has 5 heteroatoms. The van der Waals surface area contributed by atoms with Crippen molar-refractivity contribution in [2.75, 3.05) is 6.54 Å². The minimum atomic E-state index is -1.14. The van der Waals surface area contributed by atoms with Crippen molar-refractivity contribution in [2.24, 2.45) is 5.92 Å². The minimum absolute atomic E-state index is 0.259. The van der Waals surface area contributed by atoms with Gasteiger partial charge >= 0.3 is 5.97 Å². The van der Waals surface area contributed by atoms with Crippen molar-refractivity contribution in [1.29, 1.82) is 0 Å². The number of carboxylic acids is 1. The number of aliphatic carboxylic acids is 1. The summed E-state index contributed by atoms with van der Waals surface area (Å²) < 4.78 is 0. The molecule has 0 saturated heterocycles. The molecule has 90 valence electrons. The van der Waals surface area contributed by atoms with E-state index < -0.39 is 11.9 Å². The Bertz CT molecular complexity index is 288. The molecular weight excluding hydrogens is 210 g/mol. The summed E-state index contributed by atoms with van der Waals surface area (Å²) in [5.74, 6) is -1.24. The zero-order chi connectivity index (χ0) is 12.0. The Morgan fingerprint density at radius 3 is 2.69 bits per heavy atom. The van der Waals surface area contributed by atoms with Crippen molar-refractivity contribution in [2.45, 2.75) is 31.8 Å². The number of hydrogen-bond donors (Lipinski definition) is 3. The van der Waals surface area contributed by atoms with Crippen LogP contribution in [0.4, 0.5) is 0 Å². The summed E-state index contributed by atoms with van der Waals surface area (Å²) in [6.45, 7) is 0.500. The van der Waals surface area contributed by atoms with Gasteiger partial charge in [0, 0.05) is 18.7 Å². The average molecular weight is 227 g/mol. The SMILES string of the molecule is O=C(O)/C=C/C(=O)NCC1CCCC(O)C1. The topological polar surface area (TPSA) is 86.6 Å². The average Bonchev–Trinajstić information content (AvgIpc) is 2.23. The van der Waals surface area contributed by atoms with Gasteiger partial charge < -0.3 is 15.5 Å². The maximum absolute atomic E-state index is 11.1. The van der Waals surface area contributed by atoms with E-state index in [1.54, 1.807) is 0 Å². The van der Waals surface area contributed by atoms with Crippen molar-refractivity contribution in [3.8, 4) is 0 Å². The summed E-state index contributed by atoms with van der Waals surface area (Å²) >= 11 is 0. The molecule has 2 unspecified atom stereocenters. The molecule has 0 aromatic heterocycles. The fourth-order valence-corrected chi connectivity index (χ4v) is 1.90. The first-order valence-corrected chi connectivity index (χ1v) is 5.45. The van der Waals surface area contributed by atoms with Crippen LogP contribution in [-0.4, -0.2) is 34.7 Å². The van der Waals surface area contributed by atoms with Crippen LogP contribution in [0.25, 0.3) is 0 Å². The zero-order valence-electron chi connectivity index (χ0n) is 9.06. The summed E-state index contributed by atoms with van der Waals surface area (Å²) in [6.07, 6.45) is 5.08. The predicted octanol–water partition coefficient (Wildman–Crippen LogP) is 0.294. The number of aliphatic hydroxyl groups is 1. The Kier molecular flexibility index (Phi) is 4.98. The third-order valence-electron chi connectivity index (χ3n) is 2.70. The molecule has 0 radical (unpaired) electrons. The second-order valence-corrected chi connectivity index (χ2v) is 4.10. The van der Waals surface area contributed by atoms with Gasteiger partial charge in [0.15, 0.2) is 0 Å². The second-order valence-electron chi connectivity index (χ2n) is 4.10. The van der Waals surface area contributed by atoms with Gasteiger partial charge in [-0.05, 0) is 25.2 Å². The van der Waals surface area contributed by atoms with Crippen LogP contribution in [0.3, 0.4) is 0 Å². The van der Waals surface area contributed by atoms with Crippen LogP contribution in [-0.2, 0) is 9.59 Å². The predicted molar refractivity (Wildman–Crippen MR) is 57.8 cm³/mol. The highest BCUT2D eigenvalue weighted by atomic mass is 16.4. The van der Waals surface area contributed by atoms with E-state index in [0.717, 1.165) is 31.4 Å². The Labute approximate surface area is 94.2 Å². The Balaban J connectivity index is 2.23. The van der Waals surface area contributed by atoms with Crippen molar-refractivity contribution in [1.82, 2.24) is 5.32 Å². The number of aliphatic hydroxyl groups excluding tert-OH is 1. The van der Waals surface area contributed by atoms with E-state index in [1.807, 2.05) is 0 Å². The number of carboxylic acid groups (broad SMARTS) is 1. The quantitative estimate of drug-likeness (QED) is 0.603. The lowest BCUT2D eigenvalue weighted by molar-refractivity contribution is -0.131. The van der Waals surface area contributed by atoms with Gasteiger partial charge in [0.2, 0.25) is 5.91 Å². The number of carbonyl (C=O) groups excluding carboxylic acids is 1. The molecule has 1 aliphatic carbocycles. The molecule has 0 aliphatic heterocycles. The molecule has 1 rings (SSSR count). The number of nitrogens with one attached hydrogen (secondary N) is 1. The van der Waals surface area contributed by atoms with Crippen LogP contribution >= 0.6 is 0 Å². The first-order valence-electron chi connectivity index (χ1n) is 5.45. The molecule has 1 amide bonds. The highest BCUT2D eigenvalue weighted by Crippen LogP contribution is 2.23. The number of rotatable bonds is 4. The third kappa shape index (κ3) is 4.93. The Hall–Kier alpha value is -1.36. The molecule has 1 aliphatic rings. The van der Waals surface area contributed by atoms with E-state index in [-0.39, 0.29) is 6.10 Å². The molecule has 3 N–H and O–H groups in total. The van der Waals surface area contributed by atoms with Gasteiger partial charge in [0.05, 0.1) is 6.10 Å². The van der Waals surface area contributed by atoms with E-state index in [0.29, 0.717) is 18.9 Å². The molecular formula is C11H17NO4. The second kappa shape index (κ2) is 6.27. The van der Waals surface area contributed by atoms with Crippen LogP contribution in [0.5, 0.6) is 0 Å². The molecule has 5 nitrogen and oxygen atoms in total. The van der Waals surface area contributed by atoms with Gasteiger partial charge in [-0.15, -0.1) is 0 Å². The molecule has 0 bridgehead atoms. The van der Waals surface area contributed by atoms with Gasteiger partial charge in [-0.3, -0.25) is 4.79 Å². The van der Waals surface area contributed by atoms with Crippen LogP contribution < -0.4 is 5.32 Å². The van der Waals surface area contributed by atoms with Crippen LogP contribution in [0, 0.1) is 5.92 Å². The number of carbonyl (C=O) groups is 2. The summed E-state index contributed by atoms with van der Waals surface area (Å²) in [5, 5.41) is 20.4.